The molecule has 4 aliphatic rings. The zero-order chi connectivity index (χ0) is 34.6. The van der Waals surface area contributed by atoms with Crippen LogP contribution in [0, 0.1) is 11.8 Å². The van der Waals surface area contributed by atoms with Crippen molar-refractivity contribution in [3.05, 3.63) is 24.3 Å². The van der Waals surface area contributed by atoms with Crippen LogP contribution in [0.4, 0.5) is 0 Å². The van der Waals surface area contributed by atoms with Gasteiger partial charge in [0, 0.05) is 38.6 Å². The molecule has 0 unspecified atom stereocenters. The molecule has 16 atom stereocenters. The van der Waals surface area contributed by atoms with Crippen LogP contribution >= 0.6 is 0 Å². The zero-order valence-electron chi connectivity index (χ0n) is 28.2. The SMILES string of the molecule is CO[C@@H]1[C@H](O)[C@@H](C)O[C@@H](OC[C@H]2[C@@H]3O[C@H]3/C=C/C(=O)[C@@](C)(O)CC[C@H](O[C@@H]3O[C@H](C)C[C@H](O)[C@H]3O)[C@@H](C)/C=C/C(=O)O[C@@H]2C)[C@@H]1OC. The number of carbonyl (C=O) groups excluding carboxylic acids is 2. The summed E-state index contributed by atoms with van der Waals surface area (Å²) in [6.45, 7) is 8.39. The van der Waals surface area contributed by atoms with Crippen molar-refractivity contribution in [1.82, 2.24) is 0 Å². The molecular weight excluding hydrogens is 620 g/mol. The summed E-state index contributed by atoms with van der Waals surface area (Å²) in [7, 11) is 2.93. The Bertz CT molecular complexity index is 1110. The first kappa shape index (κ1) is 38.0. The van der Waals surface area contributed by atoms with Crippen molar-refractivity contribution in [3.8, 4) is 0 Å². The Morgan fingerprint density at radius 2 is 1.60 bits per heavy atom. The fraction of sp³-hybridized carbons (Fsp3) is 0.818. The van der Waals surface area contributed by atoms with Gasteiger partial charge in [-0.3, -0.25) is 4.79 Å². The summed E-state index contributed by atoms with van der Waals surface area (Å²) in [5.74, 6) is -2.09. The summed E-state index contributed by atoms with van der Waals surface area (Å²) >= 11 is 0. The smallest absolute Gasteiger partial charge is 0.330 e. The van der Waals surface area contributed by atoms with Gasteiger partial charge in [-0.05, 0) is 52.7 Å². The van der Waals surface area contributed by atoms with E-state index in [1.54, 1.807) is 39.8 Å². The normalized spacial score (nSPS) is 48.3. The van der Waals surface area contributed by atoms with Gasteiger partial charge in [0.2, 0.25) is 0 Å². The van der Waals surface area contributed by atoms with Crippen LogP contribution in [-0.4, -0.2) is 138 Å². The molecule has 14 nitrogen and oxygen atoms in total. The molecule has 0 aromatic carbocycles. The third-order valence-electron chi connectivity index (χ3n) is 9.57. The van der Waals surface area contributed by atoms with Crippen LogP contribution in [0.25, 0.3) is 0 Å². The fourth-order valence-corrected chi connectivity index (χ4v) is 6.32. The third-order valence-corrected chi connectivity index (χ3v) is 9.57. The number of epoxide rings is 1. The first-order valence-corrected chi connectivity index (χ1v) is 16.3. The van der Waals surface area contributed by atoms with Gasteiger partial charge in [0.25, 0.3) is 0 Å². The van der Waals surface area contributed by atoms with E-state index in [0.29, 0.717) is 0 Å². The molecule has 0 bridgehead atoms. The predicted octanol–water partition coefficient (Wildman–Crippen LogP) is 0.558. The zero-order valence-corrected chi connectivity index (χ0v) is 28.2. The minimum Gasteiger partial charge on any atom is -0.459 e. The third kappa shape index (κ3) is 9.45. The van der Waals surface area contributed by atoms with Gasteiger partial charge in [-0.25, -0.2) is 4.79 Å². The lowest BCUT2D eigenvalue weighted by Gasteiger charge is -2.42. The van der Waals surface area contributed by atoms with Crippen LogP contribution in [0.1, 0.15) is 53.9 Å². The van der Waals surface area contributed by atoms with Crippen LogP contribution in [0.3, 0.4) is 0 Å². The van der Waals surface area contributed by atoms with E-state index < -0.39 is 103 Å². The highest BCUT2D eigenvalue weighted by Crippen LogP contribution is 2.36. The van der Waals surface area contributed by atoms with E-state index in [9.17, 15) is 30.0 Å². The highest BCUT2D eigenvalue weighted by Gasteiger charge is 2.49. The average molecular weight is 673 g/mol. The first-order chi connectivity index (χ1) is 22.2. The van der Waals surface area contributed by atoms with Crippen molar-refractivity contribution in [3.63, 3.8) is 0 Å². The van der Waals surface area contributed by atoms with E-state index in [-0.39, 0.29) is 32.0 Å². The molecule has 0 amide bonds. The lowest BCUT2D eigenvalue weighted by atomic mass is 9.89. The van der Waals surface area contributed by atoms with Crippen molar-refractivity contribution in [2.45, 2.75) is 139 Å². The molecule has 4 aliphatic heterocycles. The summed E-state index contributed by atoms with van der Waals surface area (Å²) in [5, 5.41) is 42.4. The van der Waals surface area contributed by atoms with Crippen LogP contribution in [-0.2, 0) is 47.5 Å². The Labute approximate surface area is 275 Å². The van der Waals surface area contributed by atoms with E-state index in [1.165, 1.54) is 33.3 Å². The number of aliphatic hydroxyl groups is 4. The molecule has 14 heteroatoms. The van der Waals surface area contributed by atoms with E-state index in [0.717, 1.165) is 0 Å². The lowest BCUT2D eigenvalue weighted by molar-refractivity contribution is -0.305. The average Bonchev–Trinajstić information content (AvgIpc) is 3.78. The largest absolute Gasteiger partial charge is 0.459 e. The van der Waals surface area contributed by atoms with Crippen molar-refractivity contribution >= 4 is 11.8 Å². The van der Waals surface area contributed by atoms with Gasteiger partial charge in [0.15, 0.2) is 18.4 Å². The molecule has 0 aliphatic carbocycles. The summed E-state index contributed by atoms with van der Waals surface area (Å²) in [4.78, 5) is 26.1. The summed E-state index contributed by atoms with van der Waals surface area (Å²) < 4.78 is 46.5. The number of cyclic esters (lactones) is 1. The maximum Gasteiger partial charge on any atom is 0.330 e. The second-order valence-corrected chi connectivity index (χ2v) is 13.3. The summed E-state index contributed by atoms with van der Waals surface area (Å²) in [6, 6.07) is 0. The van der Waals surface area contributed by atoms with Crippen LogP contribution < -0.4 is 0 Å². The molecule has 0 aromatic rings. The molecule has 3 saturated heterocycles. The number of hydrogen-bond acceptors (Lipinski definition) is 14. The Kier molecular flexibility index (Phi) is 13.1. The van der Waals surface area contributed by atoms with Gasteiger partial charge < -0.3 is 58.3 Å². The maximum atomic E-state index is 13.1. The number of fused-ring (bicyclic) bond motifs is 1. The van der Waals surface area contributed by atoms with E-state index in [4.69, 9.17) is 37.9 Å². The minimum absolute atomic E-state index is 0.00445. The van der Waals surface area contributed by atoms with Crippen LogP contribution in [0.15, 0.2) is 24.3 Å². The van der Waals surface area contributed by atoms with Gasteiger partial charge in [0.1, 0.15) is 42.2 Å². The Hall–Kier alpha value is -1.82. The summed E-state index contributed by atoms with van der Waals surface area (Å²) in [5.41, 5.74) is -1.75. The number of aliphatic hydroxyl groups excluding tert-OH is 3. The molecule has 268 valence electrons. The molecule has 3 fully saturated rings. The standard InChI is InChI=1S/C33H52O14/c1-16-8-11-25(36)44-18(3)20(15-42-32-30(41-7)29(40-6)26(37)19(4)45-32)28-23(46-28)9-10-24(35)33(5,39)13-12-22(16)47-31-27(38)21(34)14-17(2)43-31/h8-11,16-23,26-32,34,37-39H,12-15H2,1-7H3/b10-9+,11-8+/t16-,17+,18+,19+,20+,21-,22-,23-,26+,27+,28-,29+,30+,31-,32+,33-/m0/s1. The van der Waals surface area contributed by atoms with Crippen molar-refractivity contribution in [1.29, 1.82) is 0 Å². The number of rotatable bonds is 7. The number of hydrogen-bond donors (Lipinski definition) is 4. The molecule has 0 radical (unpaired) electrons. The van der Waals surface area contributed by atoms with E-state index in [2.05, 4.69) is 0 Å². The number of esters is 1. The summed E-state index contributed by atoms with van der Waals surface area (Å²) in [6.07, 6.45) is -3.95. The predicted molar refractivity (Wildman–Crippen MR) is 164 cm³/mol. The van der Waals surface area contributed by atoms with Crippen LogP contribution in [0.5, 0.6) is 0 Å². The van der Waals surface area contributed by atoms with E-state index in [1.807, 2.05) is 0 Å². The minimum atomic E-state index is -1.75. The van der Waals surface area contributed by atoms with Gasteiger partial charge >= 0.3 is 5.97 Å². The molecule has 0 spiro atoms. The van der Waals surface area contributed by atoms with Crippen molar-refractivity contribution in [2.75, 3.05) is 20.8 Å². The second kappa shape index (κ2) is 16.3. The first-order valence-electron chi connectivity index (χ1n) is 16.3. The molecule has 0 aromatic heterocycles. The van der Waals surface area contributed by atoms with Crippen molar-refractivity contribution in [2.24, 2.45) is 11.8 Å². The Balaban J connectivity index is 1.52. The molecule has 0 saturated carbocycles. The highest BCUT2D eigenvalue weighted by atomic mass is 16.7. The fourth-order valence-electron chi connectivity index (χ4n) is 6.32. The number of ketones is 1. The quantitative estimate of drug-likeness (QED) is 0.217. The number of methoxy groups -OCH3 is 2. The monoisotopic (exact) mass is 672 g/mol. The van der Waals surface area contributed by atoms with Gasteiger partial charge in [-0.15, -0.1) is 0 Å². The molecule has 4 heterocycles. The number of ether oxygens (including phenoxy) is 8. The molecule has 4 rings (SSSR count). The topological polar surface area (TPSA) is 192 Å². The number of carbonyl (C=O) groups is 2. The van der Waals surface area contributed by atoms with Gasteiger partial charge in [-0.1, -0.05) is 13.0 Å². The van der Waals surface area contributed by atoms with Gasteiger partial charge in [0.05, 0.1) is 37.1 Å². The highest BCUT2D eigenvalue weighted by molar-refractivity contribution is 5.96. The second-order valence-electron chi connectivity index (χ2n) is 13.3. The van der Waals surface area contributed by atoms with Crippen molar-refractivity contribution < 1.29 is 67.9 Å². The van der Waals surface area contributed by atoms with Gasteiger partial charge in [-0.2, -0.15) is 0 Å². The molecule has 4 N–H and O–H groups in total. The lowest BCUT2D eigenvalue weighted by Crippen LogP contribution is -2.59. The van der Waals surface area contributed by atoms with Crippen LogP contribution in [0.2, 0.25) is 0 Å². The maximum absolute atomic E-state index is 13.1. The molecule has 47 heavy (non-hydrogen) atoms. The Morgan fingerprint density at radius 1 is 0.894 bits per heavy atom. The molecular formula is C33H52O14. The van der Waals surface area contributed by atoms with E-state index >= 15 is 0 Å². The Morgan fingerprint density at radius 3 is 2.28 bits per heavy atom.